The van der Waals surface area contributed by atoms with E-state index >= 15 is 0 Å². The number of hydrogen-bond donors (Lipinski definition) is 2. The molecule has 0 aromatic heterocycles. The van der Waals surface area contributed by atoms with Crippen molar-refractivity contribution in [3.8, 4) is 0 Å². The number of nitro groups is 1. The van der Waals surface area contributed by atoms with Crippen LogP contribution < -0.4 is 10.6 Å². The summed E-state index contributed by atoms with van der Waals surface area (Å²) in [5.74, 6) is -0.694. The molecular weight excluding hydrogens is 282 g/mol. The highest BCUT2D eigenvalue weighted by Crippen LogP contribution is 2.06. The van der Waals surface area contributed by atoms with Gasteiger partial charge in [-0.3, -0.25) is 10.1 Å². The average Bonchev–Trinajstić information content (AvgIpc) is 2.33. The fourth-order valence-corrected chi connectivity index (χ4v) is 1.16. The van der Waals surface area contributed by atoms with Gasteiger partial charge in [0.25, 0.3) is 5.70 Å². The van der Waals surface area contributed by atoms with Crippen LogP contribution in [0.3, 0.4) is 0 Å². The van der Waals surface area contributed by atoms with Crippen molar-refractivity contribution in [3.05, 3.63) is 22.0 Å². The molecule has 1 amide bonds. The molecule has 0 aromatic carbocycles. The monoisotopic (exact) mass is 303 g/mol. The molecule has 0 saturated carbocycles. The van der Waals surface area contributed by atoms with E-state index in [1.807, 2.05) is 0 Å². The lowest BCUT2D eigenvalue weighted by molar-refractivity contribution is -0.424. The number of hydrogen-bond acceptors (Lipinski definition) is 7. The molecule has 0 saturated heterocycles. The topological polar surface area (TPSA) is 120 Å². The van der Waals surface area contributed by atoms with E-state index in [-0.39, 0.29) is 12.2 Å². The van der Waals surface area contributed by atoms with Crippen LogP contribution in [0, 0.1) is 10.1 Å². The summed E-state index contributed by atoms with van der Waals surface area (Å²) in [7, 11) is 1.17. The number of amides is 1. The number of nitrogens with one attached hydrogen (secondary N) is 2. The highest BCUT2D eigenvalue weighted by atomic mass is 16.6. The smallest absolute Gasteiger partial charge is 0.408 e. The van der Waals surface area contributed by atoms with Crippen LogP contribution in [0.5, 0.6) is 0 Å². The van der Waals surface area contributed by atoms with Gasteiger partial charge in [-0.1, -0.05) is 0 Å². The molecule has 0 aliphatic carbocycles. The van der Waals surface area contributed by atoms with Gasteiger partial charge in [0, 0.05) is 13.5 Å². The highest BCUT2D eigenvalue weighted by Gasteiger charge is 2.24. The number of rotatable bonds is 6. The first-order chi connectivity index (χ1) is 9.56. The minimum absolute atomic E-state index is 0.0723. The lowest BCUT2D eigenvalue weighted by Crippen LogP contribution is -2.48. The van der Waals surface area contributed by atoms with E-state index < -0.39 is 28.6 Å². The van der Waals surface area contributed by atoms with Gasteiger partial charge >= 0.3 is 12.1 Å². The third kappa shape index (κ3) is 8.45. The van der Waals surface area contributed by atoms with E-state index in [2.05, 4.69) is 15.4 Å². The van der Waals surface area contributed by atoms with Gasteiger partial charge in [-0.15, -0.1) is 0 Å². The van der Waals surface area contributed by atoms with Crippen LogP contribution >= 0.6 is 0 Å². The quantitative estimate of drug-likeness (QED) is 0.422. The fourth-order valence-electron chi connectivity index (χ4n) is 1.16. The lowest BCUT2D eigenvalue weighted by atomic mass is 10.2. The lowest BCUT2D eigenvalue weighted by Gasteiger charge is -2.22. The number of esters is 1. The summed E-state index contributed by atoms with van der Waals surface area (Å²) < 4.78 is 9.56. The van der Waals surface area contributed by atoms with Crippen molar-refractivity contribution in [2.24, 2.45) is 0 Å². The van der Waals surface area contributed by atoms with Crippen LogP contribution in [0.2, 0.25) is 0 Å². The summed E-state index contributed by atoms with van der Waals surface area (Å²) >= 11 is 0. The first-order valence-electron chi connectivity index (χ1n) is 6.18. The summed E-state index contributed by atoms with van der Waals surface area (Å²) in [4.78, 5) is 33.0. The molecule has 1 unspecified atom stereocenters. The summed E-state index contributed by atoms with van der Waals surface area (Å²) in [6, 6.07) is -1.03. The van der Waals surface area contributed by atoms with E-state index in [0.717, 1.165) is 6.20 Å². The molecule has 21 heavy (non-hydrogen) atoms. The van der Waals surface area contributed by atoms with Crippen LogP contribution in [0.25, 0.3) is 0 Å². The standard InChI is InChI=1S/C12H21N3O6/c1-8(15(18)19)6-13-7-9(10(16)20-5)14-11(17)21-12(2,3)4/h6,9,13H,7H2,1-5H3,(H,14,17)/b8-6+. The molecule has 0 rings (SSSR count). The molecule has 9 nitrogen and oxygen atoms in total. The molecule has 120 valence electrons. The first kappa shape index (κ1) is 18.7. The number of nitrogens with zero attached hydrogens (tertiary/aromatic N) is 1. The largest absolute Gasteiger partial charge is 0.467 e. The van der Waals surface area contributed by atoms with Crippen molar-refractivity contribution in [3.63, 3.8) is 0 Å². The normalized spacial score (nSPS) is 13.1. The Balaban J connectivity index is 4.61. The minimum atomic E-state index is -1.03. The molecule has 0 aliphatic heterocycles. The zero-order valence-electron chi connectivity index (χ0n) is 12.8. The fraction of sp³-hybridized carbons (Fsp3) is 0.667. The van der Waals surface area contributed by atoms with Crippen LogP contribution in [-0.2, 0) is 14.3 Å². The minimum Gasteiger partial charge on any atom is -0.467 e. The average molecular weight is 303 g/mol. The van der Waals surface area contributed by atoms with Crippen LogP contribution in [0.1, 0.15) is 27.7 Å². The van der Waals surface area contributed by atoms with Gasteiger partial charge in [-0.05, 0) is 20.8 Å². The molecule has 0 aromatic rings. The Bertz CT molecular complexity index is 427. The zero-order valence-corrected chi connectivity index (χ0v) is 12.8. The van der Waals surface area contributed by atoms with Gasteiger partial charge in [0.1, 0.15) is 11.6 Å². The molecule has 1 atom stereocenters. The van der Waals surface area contributed by atoms with Gasteiger partial charge in [-0.25, -0.2) is 9.59 Å². The number of carbonyl (C=O) groups is 2. The van der Waals surface area contributed by atoms with E-state index in [1.54, 1.807) is 20.8 Å². The second-order valence-electron chi connectivity index (χ2n) is 5.17. The van der Waals surface area contributed by atoms with E-state index in [0.29, 0.717) is 0 Å². The van der Waals surface area contributed by atoms with Gasteiger partial charge < -0.3 is 20.1 Å². The molecule has 0 heterocycles. The Kier molecular flexibility index (Phi) is 7.18. The number of alkyl carbamates (subject to hydrolysis) is 1. The molecule has 2 N–H and O–H groups in total. The second kappa shape index (κ2) is 8.08. The van der Waals surface area contributed by atoms with Crippen molar-refractivity contribution < 1.29 is 24.0 Å². The molecule has 0 aliphatic rings. The number of methoxy groups -OCH3 is 1. The maximum absolute atomic E-state index is 11.6. The Morgan fingerprint density at radius 1 is 1.38 bits per heavy atom. The van der Waals surface area contributed by atoms with Crippen LogP contribution in [0.15, 0.2) is 11.9 Å². The molecule has 0 fully saturated rings. The van der Waals surface area contributed by atoms with Crippen molar-refractivity contribution >= 4 is 12.1 Å². The van der Waals surface area contributed by atoms with E-state index in [4.69, 9.17) is 4.74 Å². The molecule has 9 heteroatoms. The van der Waals surface area contributed by atoms with Crippen molar-refractivity contribution in [1.82, 2.24) is 10.6 Å². The number of carbonyl (C=O) groups excluding carboxylic acids is 2. The van der Waals surface area contributed by atoms with Gasteiger partial charge in [0.2, 0.25) is 0 Å². The zero-order chi connectivity index (χ0) is 16.6. The van der Waals surface area contributed by atoms with Crippen molar-refractivity contribution in [1.29, 1.82) is 0 Å². The summed E-state index contributed by atoms with van der Waals surface area (Å²) in [6.45, 7) is 6.27. The van der Waals surface area contributed by atoms with Gasteiger partial charge in [0.15, 0.2) is 0 Å². The third-order valence-corrected chi connectivity index (χ3v) is 2.10. The predicted molar refractivity (Wildman–Crippen MR) is 73.9 cm³/mol. The van der Waals surface area contributed by atoms with Crippen molar-refractivity contribution in [2.45, 2.75) is 39.3 Å². The predicted octanol–water partition coefficient (Wildman–Crippen LogP) is 0.780. The summed E-state index contributed by atoms with van der Waals surface area (Å²) in [5, 5.41) is 15.3. The van der Waals surface area contributed by atoms with Crippen LogP contribution in [0.4, 0.5) is 4.79 Å². The van der Waals surface area contributed by atoms with E-state index in [1.165, 1.54) is 14.0 Å². The SMILES string of the molecule is COC(=O)C(CN/C=C(\C)[N+](=O)[O-])NC(=O)OC(C)(C)C. The summed E-state index contributed by atoms with van der Waals surface area (Å²) in [6.07, 6.45) is 0.349. The first-order valence-corrected chi connectivity index (χ1v) is 6.18. The Hall–Kier alpha value is -2.32. The van der Waals surface area contributed by atoms with E-state index in [9.17, 15) is 19.7 Å². The third-order valence-electron chi connectivity index (χ3n) is 2.10. The van der Waals surface area contributed by atoms with Crippen molar-refractivity contribution in [2.75, 3.05) is 13.7 Å². The van der Waals surface area contributed by atoms with Gasteiger partial charge in [-0.2, -0.15) is 0 Å². The Labute approximate surface area is 122 Å². The number of allylic oxidation sites excluding steroid dienone is 1. The maximum atomic E-state index is 11.6. The Morgan fingerprint density at radius 3 is 2.38 bits per heavy atom. The molecule has 0 spiro atoms. The number of ether oxygens (including phenoxy) is 2. The second-order valence-corrected chi connectivity index (χ2v) is 5.17. The van der Waals surface area contributed by atoms with Crippen LogP contribution in [-0.4, -0.2) is 42.3 Å². The molecular formula is C12H21N3O6. The van der Waals surface area contributed by atoms with Gasteiger partial charge in [0.05, 0.1) is 18.2 Å². The maximum Gasteiger partial charge on any atom is 0.408 e. The highest BCUT2D eigenvalue weighted by molar-refractivity contribution is 5.81. The molecule has 0 bridgehead atoms. The Morgan fingerprint density at radius 2 is 1.95 bits per heavy atom. The summed E-state index contributed by atoms with van der Waals surface area (Å²) in [5.41, 5.74) is -0.837. The molecule has 0 radical (unpaired) electrons.